The van der Waals surface area contributed by atoms with Crippen molar-refractivity contribution in [3.8, 4) is 17.3 Å². The lowest BCUT2D eigenvalue weighted by molar-refractivity contribution is -0.137. The largest absolute Gasteiger partial charge is 0.475 e. The SMILES string of the molecule is Cc1cc(F)cc(C(=O)N2CCCC(C)C2COc2ccc(C(F)(F)F)cn2)c1-c1ncccn1. The minimum Gasteiger partial charge on any atom is -0.475 e. The number of carbonyl (C=O) groups excluding carboxylic acids is 1. The van der Waals surface area contributed by atoms with Crippen LogP contribution < -0.4 is 4.74 Å². The van der Waals surface area contributed by atoms with Gasteiger partial charge in [0.25, 0.3) is 5.91 Å². The average molecular weight is 488 g/mol. The van der Waals surface area contributed by atoms with Crippen LogP contribution in [0.5, 0.6) is 5.88 Å². The third kappa shape index (κ3) is 5.41. The number of benzene rings is 1. The molecule has 1 fully saturated rings. The van der Waals surface area contributed by atoms with Crippen LogP contribution in [0.4, 0.5) is 17.6 Å². The number of hydrogen-bond acceptors (Lipinski definition) is 5. The molecule has 10 heteroatoms. The van der Waals surface area contributed by atoms with Crippen molar-refractivity contribution in [1.29, 1.82) is 0 Å². The highest BCUT2D eigenvalue weighted by atomic mass is 19.4. The van der Waals surface area contributed by atoms with Gasteiger partial charge in [0, 0.05) is 36.8 Å². The van der Waals surface area contributed by atoms with E-state index in [1.807, 2.05) is 6.92 Å². The van der Waals surface area contributed by atoms with Gasteiger partial charge >= 0.3 is 6.18 Å². The summed E-state index contributed by atoms with van der Waals surface area (Å²) in [6.07, 6.45) is 0.925. The van der Waals surface area contributed by atoms with E-state index in [1.165, 1.54) is 12.1 Å². The standard InChI is InChI=1S/C25H24F4N4O2/c1-15-5-3-10-33(20(15)14-35-21-7-6-17(13-32-21)25(27,28)29)24(34)19-12-18(26)11-16(2)22(19)23-30-8-4-9-31-23/h4,6-9,11-13,15,20H,3,5,10,14H2,1-2H3. The third-order valence-electron chi connectivity index (χ3n) is 6.16. The van der Waals surface area contributed by atoms with E-state index < -0.39 is 17.6 Å². The number of carbonyl (C=O) groups is 1. The lowest BCUT2D eigenvalue weighted by Crippen LogP contribution is -2.50. The van der Waals surface area contributed by atoms with Crippen molar-refractivity contribution in [2.45, 2.75) is 38.9 Å². The summed E-state index contributed by atoms with van der Waals surface area (Å²) in [5, 5.41) is 0. The molecular formula is C25H24F4N4O2. The van der Waals surface area contributed by atoms with E-state index in [0.29, 0.717) is 29.7 Å². The van der Waals surface area contributed by atoms with Gasteiger partial charge in [0.1, 0.15) is 12.4 Å². The first-order valence-corrected chi connectivity index (χ1v) is 11.2. The molecule has 1 aliphatic rings. The summed E-state index contributed by atoms with van der Waals surface area (Å²) in [4.78, 5) is 27.6. The van der Waals surface area contributed by atoms with Crippen LogP contribution in [-0.2, 0) is 6.18 Å². The van der Waals surface area contributed by atoms with Gasteiger partial charge in [-0.25, -0.2) is 19.3 Å². The number of alkyl halides is 3. The molecule has 3 heterocycles. The topological polar surface area (TPSA) is 68.2 Å². The fraction of sp³-hybridized carbons (Fsp3) is 0.360. The molecule has 6 nitrogen and oxygen atoms in total. The van der Waals surface area contributed by atoms with E-state index in [2.05, 4.69) is 15.0 Å². The summed E-state index contributed by atoms with van der Waals surface area (Å²) < 4.78 is 58.5. The monoisotopic (exact) mass is 488 g/mol. The molecule has 0 bridgehead atoms. The molecule has 0 saturated carbocycles. The second-order valence-electron chi connectivity index (χ2n) is 8.60. The highest BCUT2D eigenvalue weighted by Crippen LogP contribution is 2.32. The van der Waals surface area contributed by atoms with Gasteiger partial charge in [0.15, 0.2) is 5.82 Å². The highest BCUT2D eigenvalue weighted by Gasteiger charge is 2.35. The number of likely N-dealkylation sites (tertiary alicyclic amines) is 1. The predicted molar refractivity (Wildman–Crippen MR) is 120 cm³/mol. The number of ether oxygens (including phenoxy) is 1. The minimum atomic E-state index is -4.49. The molecule has 2 unspecified atom stereocenters. The Hall–Kier alpha value is -3.56. The van der Waals surface area contributed by atoms with Crippen molar-refractivity contribution in [2.24, 2.45) is 5.92 Å². The van der Waals surface area contributed by atoms with Gasteiger partial charge in [-0.05, 0) is 55.5 Å². The Morgan fingerprint density at radius 1 is 1.17 bits per heavy atom. The van der Waals surface area contributed by atoms with Gasteiger partial charge in [-0.2, -0.15) is 13.2 Å². The Morgan fingerprint density at radius 2 is 1.91 bits per heavy atom. The first-order valence-electron chi connectivity index (χ1n) is 11.2. The Kier molecular flexibility index (Phi) is 7.00. The lowest BCUT2D eigenvalue weighted by atomic mass is 9.89. The summed E-state index contributed by atoms with van der Waals surface area (Å²) in [7, 11) is 0. The number of aryl methyl sites for hydroxylation is 1. The molecule has 35 heavy (non-hydrogen) atoms. The van der Waals surface area contributed by atoms with Gasteiger partial charge in [-0.15, -0.1) is 0 Å². The van der Waals surface area contributed by atoms with Crippen LogP contribution >= 0.6 is 0 Å². The second-order valence-corrected chi connectivity index (χ2v) is 8.60. The first-order chi connectivity index (χ1) is 16.6. The van der Waals surface area contributed by atoms with Crippen LogP contribution in [-0.4, -0.2) is 45.0 Å². The maximum atomic E-state index is 14.4. The van der Waals surface area contributed by atoms with Crippen molar-refractivity contribution in [1.82, 2.24) is 19.9 Å². The molecular weight excluding hydrogens is 464 g/mol. The number of rotatable bonds is 5. The van der Waals surface area contributed by atoms with Gasteiger partial charge in [-0.3, -0.25) is 4.79 Å². The van der Waals surface area contributed by atoms with Gasteiger partial charge in [0.05, 0.1) is 17.2 Å². The van der Waals surface area contributed by atoms with Gasteiger partial charge in [-0.1, -0.05) is 6.92 Å². The number of amides is 1. The quantitative estimate of drug-likeness (QED) is 0.455. The molecule has 2 atom stereocenters. The fourth-order valence-electron chi connectivity index (χ4n) is 4.35. The third-order valence-corrected chi connectivity index (χ3v) is 6.16. The zero-order valence-corrected chi connectivity index (χ0v) is 19.2. The normalized spacial score (nSPS) is 18.4. The van der Waals surface area contributed by atoms with Crippen molar-refractivity contribution in [3.63, 3.8) is 0 Å². The number of piperidine rings is 1. The smallest absolute Gasteiger partial charge is 0.417 e. The van der Waals surface area contributed by atoms with Crippen molar-refractivity contribution >= 4 is 5.91 Å². The van der Waals surface area contributed by atoms with Crippen LogP contribution in [0.1, 0.15) is 41.3 Å². The molecule has 0 spiro atoms. The Bertz CT molecular complexity index is 1190. The summed E-state index contributed by atoms with van der Waals surface area (Å²) >= 11 is 0. The van der Waals surface area contributed by atoms with E-state index in [1.54, 1.807) is 30.3 Å². The summed E-state index contributed by atoms with van der Waals surface area (Å²) in [5.41, 5.74) is 0.274. The predicted octanol–water partition coefficient (Wildman–Crippen LogP) is 5.32. The zero-order valence-electron chi connectivity index (χ0n) is 19.2. The summed E-state index contributed by atoms with van der Waals surface area (Å²) in [5.74, 6) is -0.524. The zero-order chi connectivity index (χ0) is 25.2. The van der Waals surface area contributed by atoms with Gasteiger partial charge < -0.3 is 9.64 Å². The molecule has 1 saturated heterocycles. The molecule has 184 valence electrons. The molecule has 1 aliphatic heterocycles. The maximum absolute atomic E-state index is 14.4. The van der Waals surface area contributed by atoms with Crippen LogP contribution in [0.15, 0.2) is 48.9 Å². The number of aromatic nitrogens is 3. The van der Waals surface area contributed by atoms with Crippen molar-refractivity contribution in [3.05, 3.63) is 71.4 Å². The van der Waals surface area contributed by atoms with E-state index in [0.717, 1.165) is 25.0 Å². The fourth-order valence-corrected chi connectivity index (χ4v) is 4.35. The number of nitrogens with zero attached hydrogens (tertiary/aromatic N) is 4. The lowest BCUT2D eigenvalue weighted by Gasteiger charge is -2.40. The van der Waals surface area contributed by atoms with E-state index >= 15 is 0 Å². The van der Waals surface area contributed by atoms with Crippen molar-refractivity contribution < 1.29 is 27.1 Å². The molecule has 0 aliphatic carbocycles. The summed E-state index contributed by atoms with van der Waals surface area (Å²) in [6.45, 7) is 4.14. The van der Waals surface area contributed by atoms with Gasteiger partial charge in [0.2, 0.25) is 5.88 Å². The first kappa shape index (κ1) is 24.6. The summed E-state index contributed by atoms with van der Waals surface area (Å²) in [6, 6.07) is 5.85. The van der Waals surface area contributed by atoms with E-state index in [-0.39, 0.29) is 35.9 Å². The second kappa shape index (κ2) is 9.97. The average Bonchev–Trinajstić information content (AvgIpc) is 2.82. The Labute approximate surface area is 200 Å². The van der Waals surface area contributed by atoms with Crippen LogP contribution in [0.25, 0.3) is 11.4 Å². The van der Waals surface area contributed by atoms with Crippen LogP contribution in [0, 0.1) is 18.7 Å². The molecule has 1 amide bonds. The minimum absolute atomic E-state index is 0.0307. The van der Waals surface area contributed by atoms with E-state index in [4.69, 9.17) is 4.74 Å². The van der Waals surface area contributed by atoms with E-state index in [9.17, 15) is 22.4 Å². The molecule has 3 aromatic rings. The molecule has 4 rings (SSSR count). The Balaban J connectivity index is 1.60. The molecule has 0 N–H and O–H groups in total. The van der Waals surface area contributed by atoms with Crippen molar-refractivity contribution in [2.75, 3.05) is 13.2 Å². The number of hydrogen-bond donors (Lipinski definition) is 0. The number of pyridine rings is 1. The van der Waals surface area contributed by atoms with Crippen LogP contribution in [0.3, 0.4) is 0 Å². The maximum Gasteiger partial charge on any atom is 0.417 e. The number of halogens is 4. The Morgan fingerprint density at radius 3 is 2.57 bits per heavy atom. The molecule has 0 radical (unpaired) electrons. The highest BCUT2D eigenvalue weighted by molar-refractivity contribution is 6.01. The van der Waals surface area contributed by atoms with Crippen LogP contribution in [0.2, 0.25) is 0 Å². The molecule has 2 aromatic heterocycles. The molecule has 1 aromatic carbocycles.